The minimum absolute atomic E-state index is 0. The van der Waals surface area contributed by atoms with Gasteiger partial charge in [0.15, 0.2) is 5.78 Å². The van der Waals surface area contributed by atoms with Gasteiger partial charge >= 0.3 is 0 Å². The summed E-state index contributed by atoms with van der Waals surface area (Å²) >= 11 is 0. The molecule has 1 saturated heterocycles. The Morgan fingerprint density at radius 1 is 0.733 bits per heavy atom. The highest BCUT2D eigenvalue weighted by Gasteiger charge is 2.24. The van der Waals surface area contributed by atoms with Gasteiger partial charge in [-0.05, 0) is 96.2 Å². The molecule has 6 rings (SSSR count). The molecule has 1 amide bonds. The normalized spacial score (nSPS) is 15.4. The van der Waals surface area contributed by atoms with Gasteiger partial charge in [0.2, 0.25) is 0 Å². The second-order valence-corrected chi connectivity index (χ2v) is 12.2. The van der Waals surface area contributed by atoms with E-state index in [1.165, 1.54) is 16.7 Å². The first-order valence-electron chi connectivity index (χ1n) is 16.0. The van der Waals surface area contributed by atoms with Gasteiger partial charge in [-0.25, -0.2) is 0 Å². The first-order valence-corrected chi connectivity index (χ1v) is 16.0. The smallest absolute Gasteiger partial charge is 0.253 e. The molecule has 2 aliphatic rings. The average Bonchev–Trinajstić information content (AvgIpc) is 3.29. The number of benzene rings is 4. The molecule has 0 N–H and O–H groups in total. The molecular weight excluding hydrogens is 580 g/mol. The number of nitrogens with zero attached hydrogens (tertiary/aromatic N) is 2. The Hall–Kier alpha value is -3.93. The van der Waals surface area contributed by atoms with Crippen molar-refractivity contribution in [3.05, 3.63) is 125 Å². The number of Topliss-reactive ketones (excluding diaryl/α,β-unsaturated/α-hetero) is 1. The zero-order valence-corrected chi connectivity index (χ0v) is 26.9. The lowest BCUT2D eigenvalue weighted by molar-refractivity contribution is 0.0681. The van der Waals surface area contributed by atoms with E-state index >= 15 is 0 Å². The first kappa shape index (κ1) is 32.5. The highest BCUT2D eigenvalue weighted by molar-refractivity contribution is 5.96. The molecule has 0 aliphatic carbocycles. The molecule has 2 aliphatic heterocycles. The van der Waals surface area contributed by atoms with E-state index in [9.17, 15) is 9.59 Å². The van der Waals surface area contributed by atoms with Gasteiger partial charge in [0, 0.05) is 50.3 Å². The van der Waals surface area contributed by atoms with E-state index in [1.54, 1.807) is 7.11 Å². The molecular formula is C39H43ClN2O3. The molecule has 0 bridgehead atoms. The lowest BCUT2D eigenvalue weighted by Gasteiger charge is -2.32. The Morgan fingerprint density at radius 2 is 1.38 bits per heavy atom. The molecule has 45 heavy (non-hydrogen) atoms. The van der Waals surface area contributed by atoms with Crippen molar-refractivity contribution >= 4 is 24.1 Å². The largest absolute Gasteiger partial charge is 0.497 e. The first-order chi connectivity index (χ1) is 21.6. The molecule has 1 fully saturated rings. The molecule has 0 aromatic heterocycles. The van der Waals surface area contributed by atoms with Crippen LogP contribution in [0.3, 0.4) is 0 Å². The molecule has 0 atom stereocenters. The number of amides is 1. The van der Waals surface area contributed by atoms with Gasteiger partial charge in [-0.3, -0.25) is 14.5 Å². The zero-order valence-electron chi connectivity index (χ0n) is 26.1. The van der Waals surface area contributed by atoms with E-state index in [1.807, 2.05) is 65.6 Å². The van der Waals surface area contributed by atoms with Crippen LogP contribution in [-0.4, -0.2) is 54.8 Å². The van der Waals surface area contributed by atoms with Crippen LogP contribution in [0, 0.1) is 5.92 Å². The summed E-state index contributed by atoms with van der Waals surface area (Å²) in [6, 6.07) is 32.8. The van der Waals surface area contributed by atoms with E-state index in [4.69, 9.17) is 4.74 Å². The number of halogens is 1. The summed E-state index contributed by atoms with van der Waals surface area (Å²) < 4.78 is 5.29. The summed E-state index contributed by atoms with van der Waals surface area (Å²) in [6.45, 7) is 4.44. The molecule has 0 radical (unpaired) electrons. The number of likely N-dealkylation sites (tertiary alicyclic amines) is 1. The predicted octanol–water partition coefficient (Wildman–Crippen LogP) is 7.90. The Kier molecular flexibility index (Phi) is 11.1. The number of methoxy groups -OCH3 is 1. The topological polar surface area (TPSA) is 49.9 Å². The Morgan fingerprint density at radius 3 is 2.07 bits per heavy atom. The van der Waals surface area contributed by atoms with Crippen molar-refractivity contribution in [3.8, 4) is 16.9 Å². The van der Waals surface area contributed by atoms with Gasteiger partial charge in [-0.1, -0.05) is 66.7 Å². The van der Waals surface area contributed by atoms with Gasteiger partial charge in [-0.2, -0.15) is 0 Å². The predicted molar refractivity (Wildman–Crippen MR) is 183 cm³/mol. The number of piperidine rings is 1. The molecule has 2 heterocycles. The SMILES string of the molecule is COc1ccc(CN2CCc3ccc(C(=O)CCC4CCN(C(=O)c5ccc(-c6ccccc6)cc5)CC4)cc3CC2)cc1.Cl. The number of ketones is 1. The Labute approximate surface area is 273 Å². The second kappa shape index (κ2) is 15.4. The maximum Gasteiger partial charge on any atom is 0.253 e. The maximum absolute atomic E-state index is 13.2. The number of hydrogen-bond acceptors (Lipinski definition) is 4. The van der Waals surface area contributed by atoms with Crippen molar-refractivity contribution in [2.45, 2.75) is 45.1 Å². The van der Waals surface area contributed by atoms with Gasteiger partial charge < -0.3 is 9.64 Å². The fraction of sp³-hybridized carbons (Fsp3) is 0.333. The maximum atomic E-state index is 13.2. The van der Waals surface area contributed by atoms with Crippen molar-refractivity contribution in [3.63, 3.8) is 0 Å². The van der Waals surface area contributed by atoms with Crippen molar-refractivity contribution in [2.24, 2.45) is 5.92 Å². The molecule has 0 saturated carbocycles. The lowest BCUT2D eigenvalue weighted by atomic mass is 9.89. The summed E-state index contributed by atoms with van der Waals surface area (Å²) in [5, 5.41) is 0. The molecule has 5 nitrogen and oxygen atoms in total. The molecule has 0 unspecified atom stereocenters. The quantitative estimate of drug-likeness (QED) is 0.178. The third-order valence-corrected chi connectivity index (χ3v) is 9.41. The van der Waals surface area contributed by atoms with Crippen LogP contribution in [0.25, 0.3) is 11.1 Å². The van der Waals surface area contributed by atoms with Crippen LogP contribution >= 0.6 is 12.4 Å². The summed E-state index contributed by atoms with van der Waals surface area (Å²) in [5.41, 5.74) is 7.83. The minimum Gasteiger partial charge on any atom is -0.497 e. The van der Waals surface area contributed by atoms with Crippen molar-refractivity contribution < 1.29 is 14.3 Å². The van der Waals surface area contributed by atoms with Crippen LogP contribution in [0.2, 0.25) is 0 Å². The third-order valence-electron chi connectivity index (χ3n) is 9.41. The Balaban J connectivity index is 0.00000400. The summed E-state index contributed by atoms with van der Waals surface area (Å²) in [4.78, 5) is 30.8. The minimum atomic E-state index is 0. The van der Waals surface area contributed by atoms with Crippen molar-refractivity contribution in [1.29, 1.82) is 0 Å². The Bertz CT molecular complexity index is 1560. The van der Waals surface area contributed by atoms with E-state index in [2.05, 4.69) is 41.3 Å². The average molecular weight is 623 g/mol. The van der Waals surface area contributed by atoms with Crippen molar-refractivity contribution in [1.82, 2.24) is 9.80 Å². The van der Waals surface area contributed by atoms with Crippen LogP contribution in [0.1, 0.15) is 63.1 Å². The number of fused-ring (bicyclic) bond motifs is 1. The molecule has 4 aromatic rings. The number of rotatable bonds is 9. The van der Waals surface area contributed by atoms with E-state index in [0.717, 1.165) is 92.8 Å². The van der Waals surface area contributed by atoms with Gasteiger partial charge in [0.25, 0.3) is 5.91 Å². The molecule has 234 valence electrons. The molecule has 0 spiro atoms. The van der Waals surface area contributed by atoms with Crippen molar-refractivity contribution in [2.75, 3.05) is 33.3 Å². The van der Waals surface area contributed by atoms with Gasteiger partial charge in [-0.15, -0.1) is 12.4 Å². The van der Waals surface area contributed by atoms with Crippen LogP contribution in [0.15, 0.2) is 97.1 Å². The summed E-state index contributed by atoms with van der Waals surface area (Å²) in [6.07, 6.45) is 5.34. The standard InChI is InChI=1S/C39H42N2O3.ClH/c1-44-37-16-7-30(8-17-37)28-40-23-21-33-12-15-36(27-35(33)22-24-40)38(42)18-9-29-19-25-41(26-20-29)39(43)34-13-10-32(11-14-34)31-5-3-2-4-6-31;/h2-8,10-17,27,29H,9,18-26,28H2,1H3;1H. The fourth-order valence-electron chi connectivity index (χ4n) is 6.61. The number of carbonyl (C=O) groups excluding carboxylic acids is 2. The van der Waals surface area contributed by atoms with Gasteiger partial charge in [0.1, 0.15) is 5.75 Å². The van der Waals surface area contributed by atoms with Crippen LogP contribution in [0.4, 0.5) is 0 Å². The van der Waals surface area contributed by atoms with Crippen LogP contribution in [0.5, 0.6) is 5.75 Å². The number of ether oxygens (including phenoxy) is 1. The second-order valence-electron chi connectivity index (χ2n) is 12.2. The van der Waals surface area contributed by atoms with Crippen LogP contribution < -0.4 is 4.74 Å². The fourth-order valence-corrected chi connectivity index (χ4v) is 6.61. The lowest BCUT2D eigenvalue weighted by Crippen LogP contribution is -2.38. The summed E-state index contributed by atoms with van der Waals surface area (Å²) in [5.74, 6) is 1.71. The third kappa shape index (κ3) is 8.22. The van der Waals surface area contributed by atoms with E-state index in [0.29, 0.717) is 12.3 Å². The number of hydrogen-bond donors (Lipinski definition) is 0. The highest BCUT2D eigenvalue weighted by atomic mass is 35.5. The summed E-state index contributed by atoms with van der Waals surface area (Å²) in [7, 11) is 1.70. The molecule has 4 aromatic carbocycles. The molecule has 6 heteroatoms. The monoisotopic (exact) mass is 622 g/mol. The van der Waals surface area contributed by atoms with E-state index < -0.39 is 0 Å². The van der Waals surface area contributed by atoms with E-state index in [-0.39, 0.29) is 24.1 Å². The van der Waals surface area contributed by atoms with Crippen LogP contribution in [-0.2, 0) is 19.4 Å². The van der Waals surface area contributed by atoms with Gasteiger partial charge in [0.05, 0.1) is 7.11 Å². The number of carbonyl (C=O) groups is 2. The highest BCUT2D eigenvalue weighted by Crippen LogP contribution is 2.26. The zero-order chi connectivity index (χ0) is 30.3.